The molecule has 0 fully saturated rings. The number of carbonyl (C=O) groups is 10. The number of imide groups is 1. The van der Waals surface area contributed by atoms with Crippen LogP contribution in [0.15, 0.2) is 59.4 Å². The van der Waals surface area contributed by atoms with Gasteiger partial charge in [-0.05, 0) is 73.5 Å². The average molecular weight is 1050 g/mol. The van der Waals surface area contributed by atoms with E-state index in [4.69, 9.17) is 25.3 Å². The maximum absolute atomic E-state index is 14.6. The molecule has 0 spiro atoms. The van der Waals surface area contributed by atoms with Gasteiger partial charge in [0, 0.05) is 35.6 Å². The van der Waals surface area contributed by atoms with Crippen molar-refractivity contribution in [3.05, 3.63) is 110 Å². The largest absolute Gasteiger partial charge is 0.480 e. The van der Waals surface area contributed by atoms with Gasteiger partial charge in [0.2, 0.25) is 35.4 Å². The predicted octanol–water partition coefficient (Wildman–Crippen LogP) is -1.23. The van der Waals surface area contributed by atoms with Crippen LogP contribution >= 0.6 is 0 Å². The number of hydrogen-bond donors (Lipinski definition) is 8. The van der Waals surface area contributed by atoms with Crippen LogP contribution in [0.25, 0.3) is 22.3 Å². The van der Waals surface area contributed by atoms with Crippen LogP contribution in [0.5, 0.6) is 0 Å². The van der Waals surface area contributed by atoms with E-state index in [-0.39, 0.29) is 50.3 Å². The van der Waals surface area contributed by atoms with E-state index < -0.39 is 91.4 Å². The Morgan fingerprint density at radius 2 is 1.51 bits per heavy atom. The molecule has 8 rings (SSSR count). The van der Waals surface area contributed by atoms with Gasteiger partial charge < -0.3 is 56.8 Å². The predicted molar refractivity (Wildman–Crippen MR) is 267 cm³/mol. The van der Waals surface area contributed by atoms with E-state index >= 15 is 0 Å². The molecule has 4 aliphatic rings. The third-order valence-electron chi connectivity index (χ3n) is 12.5. The van der Waals surface area contributed by atoms with Crippen LogP contribution in [0.1, 0.15) is 64.6 Å². The van der Waals surface area contributed by atoms with Crippen molar-refractivity contribution in [1.29, 1.82) is 0 Å². The van der Waals surface area contributed by atoms with E-state index in [0.717, 1.165) is 64.9 Å². The number of benzene rings is 2. The fourth-order valence-electron chi connectivity index (χ4n) is 8.84. The first-order valence-electron chi connectivity index (χ1n) is 24.1. The number of aliphatic carboxylic acids is 1. The first-order valence-corrected chi connectivity index (χ1v) is 24.1. The van der Waals surface area contributed by atoms with Crippen molar-refractivity contribution < 1.29 is 66.9 Å². The van der Waals surface area contributed by atoms with Gasteiger partial charge in [-0.2, -0.15) is 0 Å². The van der Waals surface area contributed by atoms with E-state index in [2.05, 4.69) is 31.9 Å². The monoisotopic (exact) mass is 1050 g/mol. The standard InChI is InChI=1S/C24H21FN2O3.C24H29N7O9.C3H7NO2/c1-3-12-15-7-20-22-16(9-27(20)23(28)17(15)10-30-24(12)29)14-6-4-5-13-11(2)18(25)8-19(26-22)21(13)14;25-17(32)13-40-14-29-19(34)10-28-24(39)16(8-15-4-2-1-3-5-15)30-20(35)11-26-18(33)9-27-21(36)12-31-22(37)6-7-23(31)38;1-4-2-3(5)6/h7-8,12H,3-6,9-10H2,1-2H3;1-7,16H,8-14H2,(H2,25,32)(H,26,33)(H,27,36)(H,28,39)(H,29,34)(H,30,35);4H,2H2,1H3,(H,5,6). The summed E-state index contributed by atoms with van der Waals surface area (Å²) in [4.78, 5) is 135. The molecule has 0 saturated heterocycles. The number of cyclic esters (lactones) is 1. The number of pyridine rings is 2. The second-order valence-electron chi connectivity index (χ2n) is 17.7. The number of carboxylic acid groups (broad SMARTS) is 1. The van der Waals surface area contributed by atoms with Crippen molar-refractivity contribution in [2.75, 3.05) is 53.1 Å². The summed E-state index contributed by atoms with van der Waals surface area (Å²) in [5.74, 6) is -7.28. The van der Waals surface area contributed by atoms with E-state index in [0.29, 0.717) is 40.1 Å². The highest BCUT2D eigenvalue weighted by molar-refractivity contribution is 6.14. The van der Waals surface area contributed by atoms with Gasteiger partial charge in [-0.15, -0.1) is 0 Å². The minimum Gasteiger partial charge on any atom is -0.480 e. The molecule has 24 nitrogen and oxygen atoms in total. The molecule has 2 aromatic carbocycles. The number of esters is 1. The lowest BCUT2D eigenvalue weighted by atomic mass is 9.84. The summed E-state index contributed by atoms with van der Waals surface area (Å²) >= 11 is 0. The molecule has 3 aliphatic heterocycles. The molecular weight excluding hydrogens is 996 g/mol. The SMILES string of the molecule is CCC1C(=O)OCc2c1cc1n(c2=O)Cc2c-1nc1cc(F)c(C)c3c1c2CCC3.CNCC(=O)O.NC(=O)COCNC(=O)CNC(=O)C(Cc1ccccc1)NC(=O)CNC(=O)CNC(=O)CN1C(=O)C=CC1=O. The van der Waals surface area contributed by atoms with Crippen LogP contribution < -0.4 is 43.2 Å². The zero-order chi connectivity index (χ0) is 55.2. The maximum atomic E-state index is 14.6. The minimum atomic E-state index is -1.10. The fourth-order valence-corrected chi connectivity index (χ4v) is 8.84. The van der Waals surface area contributed by atoms with Crippen LogP contribution in [0.3, 0.4) is 0 Å². The number of nitrogens with one attached hydrogen (secondary N) is 6. The number of fused-ring (bicyclic) bond motifs is 5. The maximum Gasteiger partial charge on any atom is 0.317 e. The second kappa shape index (κ2) is 26.0. The second-order valence-corrected chi connectivity index (χ2v) is 17.7. The Hall–Kier alpha value is -8.71. The van der Waals surface area contributed by atoms with Gasteiger partial charge in [0.1, 0.15) is 38.3 Å². The number of nitrogens with two attached hydrogens (primary N) is 1. The van der Waals surface area contributed by atoms with Crippen molar-refractivity contribution in [3.63, 3.8) is 0 Å². The van der Waals surface area contributed by atoms with Crippen LogP contribution in [-0.4, -0.2) is 138 Å². The van der Waals surface area contributed by atoms with E-state index in [1.54, 1.807) is 41.9 Å². The number of carbonyl (C=O) groups excluding carboxylic acids is 9. The van der Waals surface area contributed by atoms with Gasteiger partial charge in [-0.3, -0.25) is 57.6 Å². The minimum absolute atomic E-state index is 0.0247. The van der Waals surface area contributed by atoms with E-state index in [9.17, 15) is 57.1 Å². The lowest BCUT2D eigenvalue weighted by Gasteiger charge is -2.24. The Morgan fingerprint density at radius 1 is 0.855 bits per heavy atom. The summed E-state index contributed by atoms with van der Waals surface area (Å²) in [5, 5.41) is 23.1. The van der Waals surface area contributed by atoms with Crippen molar-refractivity contribution in [2.45, 2.75) is 71.1 Å². The van der Waals surface area contributed by atoms with Crippen LogP contribution in [0, 0.1) is 12.7 Å². The Kier molecular flexibility index (Phi) is 19.3. The molecule has 4 aromatic rings. The first kappa shape index (κ1) is 56.6. The van der Waals surface area contributed by atoms with Crippen molar-refractivity contribution in [1.82, 2.24) is 46.4 Å². The van der Waals surface area contributed by atoms with Crippen LogP contribution in [0.4, 0.5) is 4.39 Å². The number of carboxylic acids is 1. The molecule has 0 bridgehead atoms. The number of ether oxygens (including phenoxy) is 2. The fraction of sp³-hybridized carbons (Fsp3) is 0.373. The summed E-state index contributed by atoms with van der Waals surface area (Å²) in [7, 11) is 1.59. The molecule has 8 amide bonds. The number of amides is 8. The average Bonchev–Trinajstić information content (AvgIpc) is 3.93. The number of primary amides is 1. The summed E-state index contributed by atoms with van der Waals surface area (Å²) in [6.07, 6.45) is 5.41. The highest BCUT2D eigenvalue weighted by atomic mass is 19.1. The molecule has 402 valence electrons. The van der Waals surface area contributed by atoms with Gasteiger partial charge in [-0.25, -0.2) is 9.37 Å². The summed E-state index contributed by atoms with van der Waals surface area (Å²) < 4.78 is 26.4. The molecule has 5 heterocycles. The highest BCUT2D eigenvalue weighted by Crippen LogP contribution is 2.42. The smallest absolute Gasteiger partial charge is 0.317 e. The van der Waals surface area contributed by atoms with Crippen LogP contribution in [-0.2, 0) is 89.8 Å². The van der Waals surface area contributed by atoms with Crippen LogP contribution in [0.2, 0.25) is 0 Å². The Bertz CT molecular complexity index is 3050. The van der Waals surface area contributed by atoms with Crippen molar-refractivity contribution >= 4 is 70.1 Å². The zero-order valence-electron chi connectivity index (χ0n) is 41.8. The number of nitrogens with zero attached hydrogens (tertiary/aromatic N) is 3. The Morgan fingerprint density at radius 3 is 2.17 bits per heavy atom. The van der Waals surface area contributed by atoms with Gasteiger partial charge in [0.25, 0.3) is 17.4 Å². The number of aryl methyl sites for hydroxylation is 2. The normalized spacial score (nSPS) is 14.8. The Balaban J connectivity index is 0.000000228. The Labute approximate surface area is 433 Å². The molecule has 25 heteroatoms. The molecule has 2 atom stereocenters. The van der Waals surface area contributed by atoms with Crippen molar-refractivity contribution in [3.8, 4) is 11.4 Å². The van der Waals surface area contributed by atoms with Gasteiger partial charge >= 0.3 is 11.9 Å². The summed E-state index contributed by atoms with van der Waals surface area (Å²) in [5.41, 5.74) is 13.0. The third-order valence-corrected chi connectivity index (χ3v) is 12.5. The summed E-state index contributed by atoms with van der Waals surface area (Å²) in [6, 6.07) is 11.1. The summed E-state index contributed by atoms with van der Waals surface area (Å²) in [6.45, 7) is 1.54. The topological polar surface area (TPSA) is 346 Å². The number of halogens is 1. The molecular formula is C51H57FN10O14. The molecule has 2 unspecified atom stereocenters. The first-order chi connectivity index (χ1) is 36.3. The molecule has 76 heavy (non-hydrogen) atoms. The van der Waals surface area contributed by atoms with Gasteiger partial charge in [0.15, 0.2) is 0 Å². The zero-order valence-corrected chi connectivity index (χ0v) is 41.8. The molecule has 0 saturated carbocycles. The molecule has 0 radical (unpaired) electrons. The molecule has 2 aromatic heterocycles. The number of likely N-dealkylation sites (N-methyl/N-ethyl adjacent to an activating group) is 1. The van der Waals surface area contributed by atoms with E-state index in [1.807, 2.05) is 19.9 Å². The number of rotatable bonds is 19. The third kappa shape index (κ3) is 14.1. The van der Waals surface area contributed by atoms with E-state index in [1.165, 1.54) is 11.6 Å². The number of aromatic nitrogens is 2. The van der Waals surface area contributed by atoms with Crippen molar-refractivity contribution in [2.24, 2.45) is 5.73 Å². The lowest BCUT2D eigenvalue weighted by molar-refractivity contribution is -0.148. The van der Waals surface area contributed by atoms with Gasteiger partial charge in [0.05, 0.1) is 61.1 Å². The number of hydrogen-bond acceptors (Lipinski definition) is 15. The quantitative estimate of drug-likeness (QED) is 0.0208. The lowest BCUT2D eigenvalue weighted by Crippen LogP contribution is -2.52. The van der Waals surface area contributed by atoms with Gasteiger partial charge in [-0.1, -0.05) is 37.3 Å². The molecule has 9 N–H and O–H groups in total. The molecule has 1 aliphatic carbocycles. The highest BCUT2D eigenvalue weighted by Gasteiger charge is 2.36.